The highest BCUT2D eigenvalue weighted by Gasteiger charge is 2.20. The minimum absolute atomic E-state index is 0.170. The Hall–Kier alpha value is -0.610. The van der Waals surface area contributed by atoms with Gasteiger partial charge in [-0.25, -0.2) is 0 Å². The first kappa shape index (κ1) is 12.5. The van der Waals surface area contributed by atoms with Crippen LogP contribution in [0.5, 0.6) is 0 Å². The molecule has 2 unspecified atom stereocenters. The normalized spacial score (nSPS) is 25.5. The summed E-state index contributed by atoms with van der Waals surface area (Å²) < 4.78 is 5.66. The molecule has 2 atom stereocenters. The summed E-state index contributed by atoms with van der Waals surface area (Å²) in [6.45, 7) is 3.71. The zero-order valence-electron chi connectivity index (χ0n) is 9.95. The van der Waals surface area contributed by atoms with Crippen LogP contribution in [-0.2, 0) is 9.53 Å². The molecule has 1 aliphatic heterocycles. The molecular weight excluding hydrogens is 192 g/mol. The van der Waals surface area contributed by atoms with Gasteiger partial charge < -0.3 is 15.0 Å². The van der Waals surface area contributed by atoms with Crippen molar-refractivity contribution in [1.29, 1.82) is 0 Å². The van der Waals surface area contributed by atoms with E-state index in [0.717, 1.165) is 25.9 Å². The van der Waals surface area contributed by atoms with Gasteiger partial charge in [-0.05, 0) is 19.8 Å². The van der Waals surface area contributed by atoms with Crippen molar-refractivity contribution in [1.82, 2.24) is 10.2 Å². The van der Waals surface area contributed by atoms with Crippen LogP contribution in [0.1, 0.15) is 26.2 Å². The van der Waals surface area contributed by atoms with Crippen molar-refractivity contribution in [3.63, 3.8) is 0 Å². The van der Waals surface area contributed by atoms with Gasteiger partial charge in [-0.15, -0.1) is 0 Å². The molecule has 1 amide bonds. The Labute approximate surface area is 92.0 Å². The van der Waals surface area contributed by atoms with E-state index in [1.165, 1.54) is 0 Å². The Balaban J connectivity index is 2.00. The second kappa shape index (κ2) is 6.08. The molecule has 1 heterocycles. The van der Waals surface area contributed by atoms with E-state index < -0.39 is 0 Å². The van der Waals surface area contributed by atoms with E-state index in [4.69, 9.17) is 4.74 Å². The summed E-state index contributed by atoms with van der Waals surface area (Å²) in [6.07, 6.45) is 3.60. The second-order valence-electron chi connectivity index (χ2n) is 4.39. The fourth-order valence-corrected chi connectivity index (χ4v) is 1.72. The molecule has 0 aliphatic carbocycles. The molecule has 15 heavy (non-hydrogen) atoms. The predicted octanol–water partition coefficient (Wildman–Crippen LogP) is 0.622. The molecule has 1 N–H and O–H groups in total. The number of nitrogens with one attached hydrogen (secondary N) is 1. The van der Waals surface area contributed by atoms with Crippen LogP contribution in [0, 0.1) is 0 Å². The molecular formula is C11H22N2O2. The van der Waals surface area contributed by atoms with Crippen molar-refractivity contribution in [3.05, 3.63) is 0 Å². The third-order valence-electron chi connectivity index (χ3n) is 2.71. The summed E-state index contributed by atoms with van der Waals surface area (Å²) in [5, 5.41) is 3.26. The number of rotatable bonds is 5. The van der Waals surface area contributed by atoms with Gasteiger partial charge in [0.25, 0.3) is 0 Å². The van der Waals surface area contributed by atoms with Crippen LogP contribution < -0.4 is 5.32 Å². The number of carbonyl (C=O) groups excluding carboxylic acids is 1. The molecule has 1 saturated heterocycles. The Morgan fingerprint density at radius 3 is 2.73 bits per heavy atom. The van der Waals surface area contributed by atoms with Gasteiger partial charge in [0.1, 0.15) is 0 Å². The van der Waals surface area contributed by atoms with Gasteiger partial charge in [0.05, 0.1) is 12.2 Å². The molecule has 88 valence electrons. The molecule has 1 rings (SSSR count). The lowest BCUT2D eigenvalue weighted by Gasteiger charge is -2.13. The van der Waals surface area contributed by atoms with E-state index in [1.807, 2.05) is 0 Å². The van der Waals surface area contributed by atoms with Gasteiger partial charge >= 0.3 is 0 Å². The molecule has 0 spiro atoms. The van der Waals surface area contributed by atoms with Crippen LogP contribution in [-0.4, -0.2) is 50.2 Å². The largest absolute Gasteiger partial charge is 0.374 e. The van der Waals surface area contributed by atoms with Crippen LogP contribution in [0.4, 0.5) is 0 Å². The maximum Gasteiger partial charge on any atom is 0.223 e. The lowest BCUT2D eigenvalue weighted by Crippen LogP contribution is -2.31. The maximum atomic E-state index is 11.2. The SMILES string of the molecule is CC1CCC(CNCCC(=O)N(C)C)O1. The van der Waals surface area contributed by atoms with Crippen molar-refractivity contribution in [2.45, 2.75) is 38.4 Å². The van der Waals surface area contributed by atoms with Crippen molar-refractivity contribution >= 4 is 5.91 Å². The lowest BCUT2D eigenvalue weighted by atomic mass is 10.2. The average molecular weight is 214 g/mol. The molecule has 1 aliphatic rings. The fraction of sp³-hybridized carbons (Fsp3) is 0.909. The second-order valence-corrected chi connectivity index (χ2v) is 4.39. The van der Waals surface area contributed by atoms with Crippen molar-refractivity contribution < 1.29 is 9.53 Å². The van der Waals surface area contributed by atoms with E-state index in [0.29, 0.717) is 18.6 Å². The quantitative estimate of drug-likeness (QED) is 0.682. The van der Waals surface area contributed by atoms with Gasteiger partial charge in [0.15, 0.2) is 0 Å². The van der Waals surface area contributed by atoms with Crippen LogP contribution in [0.2, 0.25) is 0 Å². The van der Waals surface area contributed by atoms with Gasteiger partial charge in [-0.2, -0.15) is 0 Å². The molecule has 0 aromatic heterocycles. The highest BCUT2D eigenvalue weighted by molar-refractivity contribution is 5.75. The smallest absolute Gasteiger partial charge is 0.223 e. The zero-order chi connectivity index (χ0) is 11.3. The van der Waals surface area contributed by atoms with Crippen LogP contribution in [0.3, 0.4) is 0 Å². The first-order valence-electron chi connectivity index (χ1n) is 5.66. The summed E-state index contributed by atoms with van der Waals surface area (Å²) in [7, 11) is 3.56. The summed E-state index contributed by atoms with van der Waals surface area (Å²) >= 11 is 0. The highest BCUT2D eigenvalue weighted by Crippen LogP contribution is 2.17. The van der Waals surface area contributed by atoms with E-state index in [9.17, 15) is 4.79 Å². The fourth-order valence-electron chi connectivity index (χ4n) is 1.72. The Morgan fingerprint density at radius 2 is 2.20 bits per heavy atom. The zero-order valence-corrected chi connectivity index (χ0v) is 9.95. The molecule has 0 saturated carbocycles. The standard InChI is InChI=1S/C11H22N2O2/c1-9-4-5-10(15-9)8-12-7-6-11(14)13(2)3/h9-10,12H,4-8H2,1-3H3. The van der Waals surface area contributed by atoms with E-state index in [-0.39, 0.29) is 5.91 Å². The molecule has 4 heteroatoms. The summed E-state index contributed by atoms with van der Waals surface area (Å²) in [5.41, 5.74) is 0. The van der Waals surface area contributed by atoms with E-state index in [1.54, 1.807) is 19.0 Å². The summed E-state index contributed by atoms with van der Waals surface area (Å²) in [5.74, 6) is 0.170. The monoisotopic (exact) mass is 214 g/mol. The molecule has 0 bridgehead atoms. The number of ether oxygens (including phenoxy) is 1. The van der Waals surface area contributed by atoms with E-state index >= 15 is 0 Å². The molecule has 0 radical (unpaired) electrons. The van der Waals surface area contributed by atoms with Crippen molar-refractivity contribution in [2.75, 3.05) is 27.2 Å². The van der Waals surface area contributed by atoms with Crippen LogP contribution in [0.15, 0.2) is 0 Å². The average Bonchev–Trinajstić information content (AvgIpc) is 2.58. The maximum absolute atomic E-state index is 11.2. The predicted molar refractivity (Wildman–Crippen MR) is 59.7 cm³/mol. The molecule has 0 aromatic rings. The minimum Gasteiger partial charge on any atom is -0.374 e. The topological polar surface area (TPSA) is 41.6 Å². The Bertz CT molecular complexity index is 207. The number of hydrogen-bond acceptors (Lipinski definition) is 3. The third-order valence-corrected chi connectivity index (χ3v) is 2.71. The van der Waals surface area contributed by atoms with Crippen LogP contribution >= 0.6 is 0 Å². The van der Waals surface area contributed by atoms with Gasteiger partial charge in [-0.1, -0.05) is 0 Å². The summed E-state index contributed by atoms with van der Waals surface area (Å²) in [4.78, 5) is 12.9. The number of amides is 1. The molecule has 1 fully saturated rings. The van der Waals surface area contributed by atoms with E-state index in [2.05, 4.69) is 12.2 Å². The van der Waals surface area contributed by atoms with Gasteiger partial charge in [-0.3, -0.25) is 4.79 Å². The van der Waals surface area contributed by atoms with Gasteiger partial charge in [0, 0.05) is 33.6 Å². The molecule has 0 aromatic carbocycles. The number of hydrogen-bond donors (Lipinski definition) is 1. The minimum atomic E-state index is 0.170. The lowest BCUT2D eigenvalue weighted by molar-refractivity contribution is -0.128. The summed E-state index contributed by atoms with van der Waals surface area (Å²) in [6, 6.07) is 0. The Morgan fingerprint density at radius 1 is 1.47 bits per heavy atom. The molecule has 4 nitrogen and oxygen atoms in total. The third kappa shape index (κ3) is 4.62. The Kier molecular flexibility index (Phi) is 5.05. The number of nitrogens with zero attached hydrogens (tertiary/aromatic N) is 1. The van der Waals surface area contributed by atoms with Crippen molar-refractivity contribution in [2.24, 2.45) is 0 Å². The van der Waals surface area contributed by atoms with Crippen LogP contribution in [0.25, 0.3) is 0 Å². The van der Waals surface area contributed by atoms with Gasteiger partial charge in [0.2, 0.25) is 5.91 Å². The first-order chi connectivity index (χ1) is 7.09. The number of carbonyl (C=O) groups is 1. The van der Waals surface area contributed by atoms with Crippen molar-refractivity contribution in [3.8, 4) is 0 Å². The highest BCUT2D eigenvalue weighted by atomic mass is 16.5. The first-order valence-corrected chi connectivity index (χ1v) is 5.66.